The first-order valence-electron chi connectivity index (χ1n) is 12.0. The Labute approximate surface area is 217 Å². The number of ketones is 1. The van der Waals surface area contributed by atoms with E-state index in [1.165, 1.54) is 0 Å². The zero-order valence-electron chi connectivity index (χ0n) is 19.8. The Balaban J connectivity index is 1.50. The summed E-state index contributed by atoms with van der Waals surface area (Å²) in [6, 6.07) is 18.1. The molecule has 0 radical (unpaired) electrons. The quantitative estimate of drug-likeness (QED) is 0.336. The number of rotatable bonds is 3. The number of Topliss-reactive ketones (excluding diaryl/α,β-unsaturated/α-hetero) is 1. The molecule has 180 valence electrons. The fourth-order valence-corrected chi connectivity index (χ4v) is 5.93. The lowest BCUT2D eigenvalue weighted by Gasteiger charge is -2.38. The van der Waals surface area contributed by atoms with Crippen LogP contribution in [0.5, 0.6) is 0 Å². The lowest BCUT2D eigenvalue weighted by Crippen LogP contribution is -2.42. The first kappa shape index (κ1) is 22.7. The number of fused-ring (bicyclic) bond motifs is 3. The van der Waals surface area contributed by atoms with Crippen molar-refractivity contribution in [1.29, 1.82) is 0 Å². The molecule has 0 fully saturated rings. The number of halogens is 1. The number of nitrogens with zero attached hydrogens (tertiary/aromatic N) is 2. The number of para-hydroxylation sites is 1. The van der Waals surface area contributed by atoms with Crippen molar-refractivity contribution in [1.82, 2.24) is 14.9 Å². The van der Waals surface area contributed by atoms with E-state index in [0.717, 1.165) is 50.4 Å². The first-order chi connectivity index (χ1) is 17.4. The van der Waals surface area contributed by atoms with Gasteiger partial charge in [0.15, 0.2) is 5.78 Å². The summed E-state index contributed by atoms with van der Waals surface area (Å²) in [6.45, 7) is 4.23. The number of anilines is 1. The fourth-order valence-electron chi connectivity index (χ4n) is 5.70. The highest BCUT2D eigenvalue weighted by Crippen LogP contribution is 2.45. The molecular formula is C29H25BrN4O2. The van der Waals surface area contributed by atoms with Crippen LogP contribution in [0, 0.1) is 5.92 Å². The molecule has 3 heterocycles. The third-order valence-corrected chi connectivity index (χ3v) is 7.81. The van der Waals surface area contributed by atoms with Crippen molar-refractivity contribution in [2.24, 2.45) is 13.0 Å². The lowest BCUT2D eigenvalue weighted by molar-refractivity contribution is -0.120. The highest BCUT2D eigenvalue weighted by molar-refractivity contribution is 9.10. The standard InChI is InChI=1S/C29H25BrN4O2/c1-16-26(29(36)33-25-13-11-18(30)15-31-25)27(28-21(32-16)7-5-9-24(28)35)17-10-12-23-20(14-17)19-6-3-4-8-22(19)34(23)2/h3-4,6,8,10-15,26-27,32H,1,5,7,9H2,2H3,(H,31,33,36). The molecule has 0 bridgehead atoms. The maximum absolute atomic E-state index is 13.7. The van der Waals surface area contributed by atoms with Gasteiger partial charge < -0.3 is 15.2 Å². The molecule has 6 nitrogen and oxygen atoms in total. The maximum atomic E-state index is 13.7. The van der Waals surface area contributed by atoms with Crippen LogP contribution in [0.3, 0.4) is 0 Å². The molecule has 1 aliphatic heterocycles. The molecule has 2 aliphatic rings. The van der Waals surface area contributed by atoms with Gasteiger partial charge in [0, 0.05) is 68.8 Å². The van der Waals surface area contributed by atoms with Crippen LogP contribution in [0.1, 0.15) is 30.7 Å². The van der Waals surface area contributed by atoms with Crippen LogP contribution in [0.25, 0.3) is 21.8 Å². The van der Waals surface area contributed by atoms with Gasteiger partial charge in [-0.3, -0.25) is 9.59 Å². The number of amides is 1. The van der Waals surface area contributed by atoms with Gasteiger partial charge in [-0.05, 0) is 64.7 Å². The van der Waals surface area contributed by atoms with Crippen molar-refractivity contribution in [2.75, 3.05) is 5.32 Å². The first-order valence-corrected chi connectivity index (χ1v) is 12.8. The minimum atomic E-state index is -0.663. The summed E-state index contributed by atoms with van der Waals surface area (Å²) in [6.07, 6.45) is 3.70. The number of hydrogen-bond acceptors (Lipinski definition) is 4. The summed E-state index contributed by atoms with van der Waals surface area (Å²) in [5, 5.41) is 8.51. The molecule has 7 heteroatoms. The number of benzene rings is 2. The summed E-state index contributed by atoms with van der Waals surface area (Å²) in [5.41, 5.74) is 5.39. The van der Waals surface area contributed by atoms with Crippen LogP contribution in [-0.4, -0.2) is 21.2 Å². The molecule has 0 saturated heterocycles. The number of carbonyl (C=O) groups is 2. The van der Waals surface area contributed by atoms with Gasteiger partial charge in [0.1, 0.15) is 5.82 Å². The van der Waals surface area contributed by atoms with E-state index < -0.39 is 11.8 Å². The Bertz CT molecular complexity index is 1600. The second-order valence-corrected chi connectivity index (χ2v) is 10.4. The Morgan fingerprint density at radius 1 is 1.11 bits per heavy atom. The van der Waals surface area contributed by atoms with E-state index in [0.29, 0.717) is 23.5 Å². The minimum Gasteiger partial charge on any atom is -0.362 e. The molecule has 1 amide bonds. The average Bonchev–Trinajstić information content (AvgIpc) is 3.16. The molecule has 1 aliphatic carbocycles. The monoisotopic (exact) mass is 540 g/mol. The van der Waals surface area contributed by atoms with E-state index >= 15 is 0 Å². The lowest BCUT2D eigenvalue weighted by atomic mass is 9.71. The molecule has 36 heavy (non-hydrogen) atoms. The van der Waals surface area contributed by atoms with Crippen molar-refractivity contribution in [3.63, 3.8) is 0 Å². The maximum Gasteiger partial charge on any atom is 0.235 e. The molecule has 0 spiro atoms. The van der Waals surface area contributed by atoms with Crippen molar-refractivity contribution in [3.8, 4) is 0 Å². The summed E-state index contributed by atoms with van der Waals surface area (Å²) in [5.74, 6) is -0.785. The third-order valence-electron chi connectivity index (χ3n) is 7.35. The number of hydrogen-bond donors (Lipinski definition) is 2. The number of aromatic nitrogens is 2. The topological polar surface area (TPSA) is 76.0 Å². The van der Waals surface area contributed by atoms with Crippen LogP contribution in [0.15, 0.2) is 88.8 Å². The van der Waals surface area contributed by atoms with Gasteiger partial charge in [-0.15, -0.1) is 0 Å². The second-order valence-electron chi connectivity index (χ2n) is 9.48. The number of aryl methyl sites for hydroxylation is 1. The Kier molecular flexibility index (Phi) is 5.52. The van der Waals surface area contributed by atoms with Crippen molar-refractivity contribution < 1.29 is 9.59 Å². The van der Waals surface area contributed by atoms with Crippen molar-refractivity contribution in [3.05, 3.63) is 94.4 Å². The van der Waals surface area contributed by atoms with E-state index in [1.807, 2.05) is 18.2 Å². The molecule has 2 aromatic carbocycles. The Morgan fingerprint density at radius 3 is 2.72 bits per heavy atom. The van der Waals surface area contributed by atoms with Crippen LogP contribution in [0.2, 0.25) is 0 Å². The zero-order chi connectivity index (χ0) is 25.0. The van der Waals surface area contributed by atoms with Gasteiger partial charge >= 0.3 is 0 Å². The molecule has 2 atom stereocenters. The number of carbonyl (C=O) groups excluding carboxylic acids is 2. The number of nitrogens with one attached hydrogen (secondary N) is 2. The highest BCUT2D eigenvalue weighted by atomic mass is 79.9. The molecule has 6 rings (SSSR count). The summed E-state index contributed by atoms with van der Waals surface area (Å²) in [7, 11) is 2.06. The smallest absolute Gasteiger partial charge is 0.235 e. The van der Waals surface area contributed by atoms with E-state index in [4.69, 9.17) is 0 Å². The van der Waals surface area contributed by atoms with Crippen LogP contribution >= 0.6 is 15.9 Å². The Hall–Kier alpha value is -3.71. The predicted molar refractivity (Wildman–Crippen MR) is 145 cm³/mol. The van der Waals surface area contributed by atoms with Crippen LogP contribution in [0.4, 0.5) is 5.82 Å². The molecule has 4 aromatic rings. The predicted octanol–water partition coefficient (Wildman–Crippen LogP) is 5.95. The third kappa shape index (κ3) is 3.66. The minimum absolute atomic E-state index is 0.0961. The van der Waals surface area contributed by atoms with Gasteiger partial charge in [-0.25, -0.2) is 4.98 Å². The number of pyridine rings is 1. The molecule has 2 N–H and O–H groups in total. The van der Waals surface area contributed by atoms with E-state index in [9.17, 15) is 9.59 Å². The second kappa shape index (κ2) is 8.75. The molecule has 0 saturated carbocycles. The highest BCUT2D eigenvalue weighted by Gasteiger charge is 2.43. The largest absolute Gasteiger partial charge is 0.362 e. The van der Waals surface area contributed by atoms with E-state index in [2.05, 4.69) is 80.1 Å². The summed E-state index contributed by atoms with van der Waals surface area (Å²) < 4.78 is 3.00. The summed E-state index contributed by atoms with van der Waals surface area (Å²) in [4.78, 5) is 31.3. The van der Waals surface area contributed by atoms with E-state index in [1.54, 1.807) is 12.3 Å². The van der Waals surface area contributed by atoms with E-state index in [-0.39, 0.29) is 11.7 Å². The van der Waals surface area contributed by atoms with Crippen molar-refractivity contribution >= 4 is 55.2 Å². The summed E-state index contributed by atoms with van der Waals surface area (Å²) >= 11 is 3.38. The number of allylic oxidation sites excluding steroid dienone is 2. The molecule has 2 aromatic heterocycles. The van der Waals surface area contributed by atoms with Gasteiger partial charge in [0.2, 0.25) is 5.91 Å². The van der Waals surface area contributed by atoms with Gasteiger partial charge in [0.05, 0.1) is 5.92 Å². The molecule has 2 unspecified atom stereocenters. The fraction of sp³-hybridized carbons (Fsp3) is 0.207. The van der Waals surface area contributed by atoms with Crippen LogP contribution < -0.4 is 10.6 Å². The zero-order valence-corrected chi connectivity index (χ0v) is 21.4. The molecular weight excluding hydrogens is 516 g/mol. The van der Waals surface area contributed by atoms with Gasteiger partial charge in [-0.1, -0.05) is 30.8 Å². The van der Waals surface area contributed by atoms with Crippen LogP contribution in [-0.2, 0) is 16.6 Å². The normalized spacial score (nSPS) is 19.9. The van der Waals surface area contributed by atoms with Crippen molar-refractivity contribution in [2.45, 2.75) is 25.2 Å². The van der Waals surface area contributed by atoms with Gasteiger partial charge in [-0.2, -0.15) is 0 Å². The Morgan fingerprint density at radius 2 is 1.92 bits per heavy atom. The van der Waals surface area contributed by atoms with Gasteiger partial charge in [0.25, 0.3) is 0 Å². The average molecular weight is 541 g/mol. The SMILES string of the molecule is C=C1NC2=C(C(=O)CCC2)C(c2ccc3c(c2)c2ccccc2n3C)C1C(=O)Nc1ccc(Br)cn1.